The van der Waals surface area contributed by atoms with Crippen molar-refractivity contribution < 1.29 is 22.1 Å². The van der Waals surface area contributed by atoms with Crippen molar-refractivity contribution in [1.82, 2.24) is 9.13 Å². The SMILES string of the molecule is COc1cc(C(C)=O)ccc1OS(=O)(=O)c1c(C)n(C)c(=O)n(C)c1=O. The van der Waals surface area contributed by atoms with E-state index < -0.39 is 26.3 Å². The molecule has 0 radical (unpaired) electrons. The molecule has 1 heterocycles. The zero-order chi connectivity index (χ0) is 19.8. The molecule has 2 aromatic rings. The van der Waals surface area contributed by atoms with Crippen molar-refractivity contribution >= 4 is 15.9 Å². The Morgan fingerprint density at radius 1 is 1.08 bits per heavy atom. The number of methoxy groups -OCH3 is 1. The van der Waals surface area contributed by atoms with Gasteiger partial charge in [0.25, 0.3) is 5.56 Å². The molecule has 26 heavy (non-hydrogen) atoms. The van der Waals surface area contributed by atoms with Crippen LogP contribution in [0.1, 0.15) is 23.0 Å². The summed E-state index contributed by atoms with van der Waals surface area (Å²) in [6.07, 6.45) is 0. The summed E-state index contributed by atoms with van der Waals surface area (Å²) >= 11 is 0. The fraction of sp³-hybridized carbons (Fsp3) is 0.312. The van der Waals surface area contributed by atoms with Crippen LogP contribution in [0.25, 0.3) is 0 Å². The van der Waals surface area contributed by atoms with Crippen molar-refractivity contribution in [3.63, 3.8) is 0 Å². The molecule has 0 saturated carbocycles. The van der Waals surface area contributed by atoms with Crippen LogP contribution in [0.4, 0.5) is 0 Å². The highest BCUT2D eigenvalue weighted by Gasteiger charge is 2.28. The second-order valence-electron chi connectivity index (χ2n) is 5.58. The third kappa shape index (κ3) is 3.27. The smallest absolute Gasteiger partial charge is 0.346 e. The minimum atomic E-state index is -4.56. The van der Waals surface area contributed by atoms with Gasteiger partial charge in [-0.15, -0.1) is 0 Å². The Labute approximate surface area is 149 Å². The Bertz CT molecular complexity index is 1110. The third-order valence-corrected chi connectivity index (χ3v) is 5.29. The summed E-state index contributed by atoms with van der Waals surface area (Å²) in [7, 11) is -0.756. The molecule has 10 heteroatoms. The number of benzene rings is 1. The van der Waals surface area contributed by atoms with Crippen LogP contribution in [0, 0.1) is 6.92 Å². The number of hydrogen-bond acceptors (Lipinski definition) is 7. The zero-order valence-corrected chi connectivity index (χ0v) is 15.7. The number of carbonyl (C=O) groups is 1. The van der Waals surface area contributed by atoms with E-state index in [9.17, 15) is 22.8 Å². The van der Waals surface area contributed by atoms with Crippen LogP contribution in [0.15, 0.2) is 32.7 Å². The van der Waals surface area contributed by atoms with Crippen LogP contribution in [-0.4, -0.2) is 30.4 Å². The third-order valence-electron chi connectivity index (χ3n) is 3.92. The lowest BCUT2D eigenvalue weighted by Crippen LogP contribution is -2.41. The molecule has 0 aliphatic carbocycles. The fourth-order valence-electron chi connectivity index (χ4n) is 2.32. The number of carbonyl (C=O) groups excluding carboxylic acids is 1. The average molecular weight is 382 g/mol. The normalized spacial score (nSPS) is 11.3. The Morgan fingerprint density at radius 3 is 2.23 bits per heavy atom. The summed E-state index contributed by atoms with van der Waals surface area (Å²) in [5.41, 5.74) is -1.40. The molecule has 2 rings (SSSR count). The summed E-state index contributed by atoms with van der Waals surface area (Å²) < 4.78 is 37.2. The summed E-state index contributed by atoms with van der Waals surface area (Å²) in [4.78, 5) is 35.0. The molecule has 0 amide bonds. The number of hydrogen-bond donors (Lipinski definition) is 0. The Balaban J connectivity index is 2.64. The van der Waals surface area contributed by atoms with E-state index in [4.69, 9.17) is 8.92 Å². The quantitative estimate of drug-likeness (QED) is 0.542. The standard InChI is InChI=1S/C16H18N2O7S/c1-9-14(15(20)18(4)16(21)17(9)3)26(22,23)25-12-7-6-11(10(2)19)8-13(12)24-5/h6-8H,1-5H3. The average Bonchev–Trinajstić information content (AvgIpc) is 2.57. The van der Waals surface area contributed by atoms with Crippen molar-refractivity contribution in [2.75, 3.05) is 7.11 Å². The monoisotopic (exact) mass is 382 g/mol. The summed E-state index contributed by atoms with van der Waals surface area (Å²) in [6.45, 7) is 2.68. The molecule has 1 aromatic heterocycles. The van der Waals surface area contributed by atoms with Crippen molar-refractivity contribution in [2.24, 2.45) is 14.1 Å². The van der Waals surface area contributed by atoms with Crippen molar-refractivity contribution in [1.29, 1.82) is 0 Å². The van der Waals surface area contributed by atoms with Gasteiger partial charge in [-0.3, -0.25) is 18.7 Å². The van der Waals surface area contributed by atoms with E-state index in [1.165, 1.54) is 53.3 Å². The maximum absolute atomic E-state index is 12.7. The van der Waals surface area contributed by atoms with E-state index in [1.54, 1.807) is 0 Å². The lowest BCUT2D eigenvalue weighted by atomic mass is 10.1. The van der Waals surface area contributed by atoms with Crippen LogP contribution >= 0.6 is 0 Å². The summed E-state index contributed by atoms with van der Waals surface area (Å²) in [6, 6.07) is 3.97. The first-order valence-corrected chi connectivity index (χ1v) is 8.82. The van der Waals surface area contributed by atoms with Crippen molar-refractivity contribution in [3.05, 3.63) is 50.3 Å². The Hall–Kier alpha value is -2.88. The highest BCUT2D eigenvalue weighted by atomic mass is 32.2. The minimum Gasteiger partial charge on any atom is -0.493 e. The Morgan fingerprint density at radius 2 is 1.69 bits per heavy atom. The number of aromatic nitrogens is 2. The van der Waals surface area contributed by atoms with Gasteiger partial charge in [0.15, 0.2) is 22.2 Å². The number of nitrogens with zero attached hydrogens (tertiary/aromatic N) is 2. The molecule has 0 aliphatic rings. The molecule has 0 bridgehead atoms. The van der Waals surface area contributed by atoms with E-state index in [2.05, 4.69) is 0 Å². The number of ether oxygens (including phenoxy) is 1. The minimum absolute atomic E-state index is 0.0144. The molecule has 9 nitrogen and oxygen atoms in total. The summed E-state index contributed by atoms with van der Waals surface area (Å²) in [5.74, 6) is -0.408. The van der Waals surface area contributed by atoms with Gasteiger partial charge in [-0.05, 0) is 32.0 Å². The van der Waals surface area contributed by atoms with Gasteiger partial charge in [-0.2, -0.15) is 8.42 Å². The van der Waals surface area contributed by atoms with Crippen LogP contribution in [-0.2, 0) is 24.2 Å². The topological polar surface area (TPSA) is 114 Å². The van der Waals surface area contributed by atoms with E-state index in [-0.39, 0.29) is 23.0 Å². The van der Waals surface area contributed by atoms with Crippen LogP contribution in [0.3, 0.4) is 0 Å². The first kappa shape index (κ1) is 19.4. The molecular formula is C16H18N2O7S. The van der Waals surface area contributed by atoms with Crippen molar-refractivity contribution in [2.45, 2.75) is 18.7 Å². The maximum Gasteiger partial charge on any atom is 0.346 e. The van der Waals surface area contributed by atoms with E-state index in [1.807, 2.05) is 0 Å². The van der Waals surface area contributed by atoms with Gasteiger partial charge in [-0.25, -0.2) is 4.79 Å². The lowest BCUT2D eigenvalue weighted by Gasteiger charge is -2.14. The van der Waals surface area contributed by atoms with E-state index in [0.717, 1.165) is 4.57 Å². The molecule has 0 saturated heterocycles. The van der Waals surface area contributed by atoms with Gasteiger partial charge in [0.2, 0.25) is 0 Å². The maximum atomic E-state index is 12.7. The molecule has 0 fully saturated rings. The molecule has 140 valence electrons. The van der Waals surface area contributed by atoms with Gasteiger partial charge < -0.3 is 8.92 Å². The van der Waals surface area contributed by atoms with Gasteiger partial charge in [0.1, 0.15) is 0 Å². The molecule has 0 N–H and O–H groups in total. The van der Waals surface area contributed by atoms with Crippen molar-refractivity contribution in [3.8, 4) is 11.5 Å². The van der Waals surface area contributed by atoms with E-state index in [0.29, 0.717) is 10.1 Å². The van der Waals surface area contributed by atoms with Gasteiger partial charge in [-0.1, -0.05) is 0 Å². The van der Waals surface area contributed by atoms with Crippen LogP contribution in [0.5, 0.6) is 11.5 Å². The molecule has 0 atom stereocenters. The molecule has 1 aromatic carbocycles. The second-order valence-corrected chi connectivity index (χ2v) is 7.06. The molecule has 0 spiro atoms. The highest BCUT2D eigenvalue weighted by molar-refractivity contribution is 7.87. The number of rotatable bonds is 5. The number of ketones is 1. The molecule has 0 unspecified atom stereocenters. The van der Waals surface area contributed by atoms with Gasteiger partial charge >= 0.3 is 15.8 Å². The van der Waals surface area contributed by atoms with Gasteiger partial charge in [0, 0.05) is 25.4 Å². The summed E-state index contributed by atoms with van der Waals surface area (Å²) in [5, 5.41) is 0. The second kappa shape index (κ2) is 6.79. The molecular weight excluding hydrogens is 364 g/mol. The van der Waals surface area contributed by atoms with E-state index >= 15 is 0 Å². The predicted molar refractivity (Wildman–Crippen MR) is 92.5 cm³/mol. The lowest BCUT2D eigenvalue weighted by molar-refractivity contribution is 0.101. The zero-order valence-electron chi connectivity index (χ0n) is 14.9. The highest BCUT2D eigenvalue weighted by Crippen LogP contribution is 2.30. The van der Waals surface area contributed by atoms with Crippen LogP contribution < -0.4 is 20.2 Å². The Kier molecular flexibility index (Phi) is 5.08. The fourth-order valence-corrected chi connectivity index (χ4v) is 3.62. The predicted octanol–water partition coefficient (Wildman–Crippen LogP) is 0.371. The number of Topliss-reactive ketones (excluding diaryl/α,β-unsaturated/α-hetero) is 1. The first-order valence-electron chi connectivity index (χ1n) is 7.41. The van der Waals surface area contributed by atoms with Crippen LogP contribution in [0.2, 0.25) is 0 Å². The molecule has 0 aliphatic heterocycles. The largest absolute Gasteiger partial charge is 0.493 e. The van der Waals surface area contributed by atoms with Gasteiger partial charge in [0.05, 0.1) is 7.11 Å². The first-order chi connectivity index (χ1) is 12.0.